The van der Waals surface area contributed by atoms with Gasteiger partial charge in [-0.3, -0.25) is 0 Å². The zero-order valence-electron chi connectivity index (χ0n) is 9.55. The van der Waals surface area contributed by atoms with Crippen LogP contribution in [0.3, 0.4) is 0 Å². The molecule has 0 aromatic carbocycles. The van der Waals surface area contributed by atoms with Crippen molar-refractivity contribution in [3.05, 3.63) is 16.1 Å². The highest BCUT2D eigenvalue weighted by atomic mass is 35.5. The molecule has 2 unspecified atom stereocenters. The van der Waals surface area contributed by atoms with Gasteiger partial charge in [0, 0.05) is 24.4 Å². The number of thiazole rings is 1. The first-order valence-corrected chi connectivity index (χ1v) is 6.65. The van der Waals surface area contributed by atoms with Gasteiger partial charge in [0.2, 0.25) is 0 Å². The van der Waals surface area contributed by atoms with Gasteiger partial charge in [-0.2, -0.15) is 0 Å². The molecule has 3 rings (SSSR count). The van der Waals surface area contributed by atoms with E-state index in [1.54, 1.807) is 11.3 Å². The third kappa shape index (κ3) is 2.98. The first-order chi connectivity index (χ1) is 7.93. The first kappa shape index (κ1) is 13.2. The SMILES string of the molecule is Cl.c1sc(C2COCCN2)nc1C1CCOC1. The summed E-state index contributed by atoms with van der Waals surface area (Å²) in [5.74, 6) is 0.509. The summed E-state index contributed by atoms with van der Waals surface area (Å²) >= 11 is 1.73. The Morgan fingerprint density at radius 2 is 2.18 bits per heavy atom. The number of halogens is 1. The van der Waals surface area contributed by atoms with Crippen molar-refractivity contribution in [3.63, 3.8) is 0 Å². The number of nitrogens with zero attached hydrogens (tertiary/aromatic N) is 1. The van der Waals surface area contributed by atoms with E-state index in [0.29, 0.717) is 5.92 Å². The average molecular weight is 277 g/mol. The minimum atomic E-state index is 0. The van der Waals surface area contributed by atoms with Crippen molar-refractivity contribution in [2.75, 3.05) is 33.0 Å². The lowest BCUT2D eigenvalue weighted by Crippen LogP contribution is -2.34. The van der Waals surface area contributed by atoms with Crippen molar-refractivity contribution in [2.45, 2.75) is 18.4 Å². The molecule has 0 amide bonds. The van der Waals surface area contributed by atoms with Gasteiger partial charge in [0.05, 0.1) is 31.6 Å². The Kier molecular flexibility index (Phi) is 4.76. The highest BCUT2D eigenvalue weighted by molar-refractivity contribution is 7.09. The van der Waals surface area contributed by atoms with E-state index in [9.17, 15) is 0 Å². The Labute approximate surface area is 111 Å². The van der Waals surface area contributed by atoms with Gasteiger partial charge in [-0.1, -0.05) is 0 Å². The average Bonchev–Trinajstić information content (AvgIpc) is 3.01. The van der Waals surface area contributed by atoms with Gasteiger partial charge in [-0.15, -0.1) is 23.7 Å². The summed E-state index contributed by atoms with van der Waals surface area (Å²) in [6.45, 7) is 4.19. The molecule has 0 aliphatic carbocycles. The van der Waals surface area contributed by atoms with Crippen molar-refractivity contribution in [3.8, 4) is 0 Å². The molecule has 17 heavy (non-hydrogen) atoms. The Morgan fingerprint density at radius 3 is 2.88 bits per heavy atom. The molecule has 0 bridgehead atoms. The minimum absolute atomic E-state index is 0. The number of aromatic nitrogens is 1. The number of hydrogen-bond acceptors (Lipinski definition) is 5. The van der Waals surface area contributed by atoms with Crippen LogP contribution in [0.5, 0.6) is 0 Å². The van der Waals surface area contributed by atoms with Crippen molar-refractivity contribution in [2.24, 2.45) is 0 Å². The fraction of sp³-hybridized carbons (Fsp3) is 0.727. The number of ether oxygens (including phenoxy) is 2. The molecule has 4 nitrogen and oxygen atoms in total. The fourth-order valence-corrected chi connectivity index (χ4v) is 3.10. The Morgan fingerprint density at radius 1 is 1.29 bits per heavy atom. The van der Waals surface area contributed by atoms with E-state index in [4.69, 9.17) is 14.5 Å². The number of nitrogens with one attached hydrogen (secondary N) is 1. The summed E-state index contributed by atoms with van der Waals surface area (Å²) in [4.78, 5) is 4.71. The zero-order valence-corrected chi connectivity index (χ0v) is 11.2. The minimum Gasteiger partial charge on any atom is -0.381 e. The lowest BCUT2D eigenvalue weighted by atomic mass is 10.1. The van der Waals surface area contributed by atoms with Crippen LogP contribution in [0.25, 0.3) is 0 Å². The van der Waals surface area contributed by atoms with E-state index in [1.807, 2.05) is 0 Å². The summed E-state index contributed by atoms with van der Waals surface area (Å²) in [5, 5.41) is 6.76. The maximum Gasteiger partial charge on any atom is 0.112 e. The Bertz CT molecular complexity index is 349. The van der Waals surface area contributed by atoms with Crippen LogP contribution in [-0.4, -0.2) is 38.0 Å². The number of morpholine rings is 1. The predicted octanol–water partition coefficient (Wildman–Crippen LogP) is 1.73. The molecule has 3 heterocycles. The molecule has 2 aliphatic heterocycles. The van der Waals surface area contributed by atoms with Gasteiger partial charge in [0.25, 0.3) is 0 Å². The van der Waals surface area contributed by atoms with Crippen LogP contribution in [0.4, 0.5) is 0 Å². The molecular formula is C11H17ClN2O2S. The molecule has 1 aromatic rings. The molecule has 1 aromatic heterocycles. The first-order valence-electron chi connectivity index (χ1n) is 5.77. The Balaban J connectivity index is 0.00000108. The molecule has 0 spiro atoms. The van der Waals surface area contributed by atoms with E-state index in [1.165, 1.54) is 5.69 Å². The lowest BCUT2D eigenvalue weighted by Gasteiger charge is -2.21. The largest absolute Gasteiger partial charge is 0.381 e. The number of hydrogen-bond donors (Lipinski definition) is 1. The van der Waals surface area contributed by atoms with Gasteiger partial charge in [0.1, 0.15) is 5.01 Å². The van der Waals surface area contributed by atoms with Crippen molar-refractivity contribution < 1.29 is 9.47 Å². The molecule has 2 aliphatic rings. The maximum absolute atomic E-state index is 5.45. The molecule has 2 fully saturated rings. The topological polar surface area (TPSA) is 43.4 Å². The molecule has 0 saturated carbocycles. The summed E-state index contributed by atoms with van der Waals surface area (Å²) < 4.78 is 10.8. The normalized spacial score (nSPS) is 28.9. The van der Waals surface area contributed by atoms with Crippen molar-refractivity contribution in [1.29, 1.82) is 0 Å². The van der Waals surface area contributed by atoms with E-state index in [-0.39, 0.29) is 18.4 Å². The fourth-order valence-electron chi connectivity index (χ4n) is 2.14. The Hall–Kier alpha value is -0.200. The maximum atomic E-state index is 5.45. The molecule has 96 valence electrons. The molecular weight excluding hydrogens is 260 g/mol. The van der Waals surface area contributed by atoms with E-state index in [2.05, 4.69) is 10.7 Å². The second kappa shape index (κ2) is 6.11. The molecule has 2 atom stereocenters. The van der Waals surface area contributed by atoms with Gasteiger partial charge in [-0.05, 0) is 6.42 Å². The highest BCUT2D eigenvalue weighted by Crippen LogP contribution is 2.28. The van der Waals surface area contributed by atoms with E-state index >= 15 is 0 Å². The standard InChI is InChI=1S/C11H16N2O2S.ClH/c1-3-14-5-8(1)10-7-16-11(13-10)9-6-15-4-2-12-9;/h7-9,12H,1-6H2;1H. The van der Waals surface area contributed by atoms with E-state index < -0.39 is 0 Å². The van der Waals surface area contributed by atoms with Crippen LogP contribution in [0, 0.1) is 0 Å². The van der Waals surface area contributed by atoms with Crippen LogP contribution >= 0.6 is 23.7 Å². The summed E-state index contributed by atoms with van der Waals surface area (Å²) in [6, 6.07) is 0.287. The third-order valence-corrected chi connectivity index (χ3v) is 4.08. The molecule has 2 saturated heterocycles. The highest BCUT2D eigenvalue weighted by Gasteiger charge is 2.23. The van der Waals surface area contributed by atoms with Crippen LogP contribution in [0.2, 0.25) is 0 Å². The second-order valence-corrected chi connectivity index (χ2v) is 5.14. The second-order valence-electron chi connectivity index (χ2n) is 4.25. The van der Waals surface area contributed by atoms with Crippen LogP contribution in [0.15, 0.2) is 5.38 Å². The van der Waals surface area contributed by atoms with Crippen molar-refractivity contribution in [1.82, 2.24) is 10.3 Å². The van der Waals surface area contributed by atoms with Crippen LogP contribution in [0.1, 0.15) is 29.1 Å². The smallest absolute Gasteiger partial charge is 0.112 e. The monoisotopic (exact) mass is 276 g/mol. The third-order valence-electron chi connectivity index (χ3n) is 3.11. The quantitative estimate of drug-likeness (QED) is 0.893. The summed E-state index contributed by atoms with van der Waals surface area (Å²) in [5.41, 5.74) is 1.20. The lowest BCUT2D eigenvalue weighted by molar-refractivity contribution is 0.0767. The van der Waals surface area contributed by atoms with Gasteiger partial charge >= 0.3 is 0 Å². The zero-order chi connectivity index (χ0) is 10.8. The summed E-state index contributed by atoms with van der Waals surface area (Å²) in [6.07, 6.45) is 1.11. The van der Waals surface area contributed by atoms with E-state index in [0.717, 1.165) is 44.4 Å². The van der Waals surface area contributed by atoms with Gasteiger partial charge in [-0.25, -0.2) is 4.98 Å². The summed E-state index contributed by atoms with van der Waals surface area (Å²) in [7, 11) is 0. The molecule has 1 N–H and O–H groups in total. The van der Waals surface area contributed by atoms with Crippen LogP contribution < -0.4 is 5.32 Å². The number of rotatable bonds is 2. The predicted molar refractivity (Wildman–Crippen MR) is 69.1 cm³/mol. The van der Waals surface area contributed by atoms with Crippen molar-refractivity contribution >= 4 is 23.7 Å². The molecule has 0 radical (unpaired) electrons. The van der Waals surface area contributed by atoms with Gasteiger partial charge in [0.15, 0.2) is 0 Å². The van der Waals surface area contributed by atoms with Crippen LogP contribution in [-0.2, 0) is 9.47 Å². The van der Waals surface area contributed by atoms with Gasteiger partial charge < -0.3 is 14.8 Å². The molecule has 6 heteroatoms.